The quantitative estimate of drug-likeness (QED) is 0.437. The van der Waals surface area contributed by atoms with Crippen LogP contribution in [0.1, 0.15) is 49.1 Å². The number of para-hydroxylation sites is 1. The highest BCUT2D eigenvalue weighted by Crippen LogP contribution is 2.29. The van der Waals surface area contributed by atoms with Gasteiger partial charge in [0, 0.05) is 12.8 Å². The number of halogens is 1. The van der Waals surface area contributed by atoms with E-state index in [0.29, 0.717) is 16.3 Å². The normalized spacial score (nSPS) is 12.9. The number of benzene rings is 2. The molecule has 0 bridgehead atoms. The lowest BCUT2D eigenvalue weighted by Crippen LogP contribution is -2.52. The van der Waals surface area contributed by atoms with Crippen molar-refractivity contribution < 1.29 is 19.1 Å². The summed E-state index contributed by atoms with van der Waals surface area (Å²) in [5.41, 5.74) is 3.08. The number of rotatable bonds is 7. The molecule has 0 aliphatic carbocycles. The van der Waals surface area contributed by atoms with Crippen molar-refractivity contribution in [3.8, 4) is 0 Å². The van der Waals surface area contributed by atoms with Crippen molar-refractivity contribution in [2.45, 2.75) is 59.2 Å². The number of carbonyl (C=O) groups excluding carboxylic acids is 3. The molecule has 0 fully saturated rings. The van der Waals surface area contributed by atoms with Gasteiger partial charge in [-0.25, -0.2) is 4.79 Å². The molecule has 2 aromatic rings. The van der Waals surface area contributed by atoms with Crippen LogP contribution in [0.25, 0.3) is 0 Å². The Bertz CT molecular complexity index is 1060. The number of hydrogen-bond donors (Lipinski definition) is 3. The molecule has 0 saturated carbocycles. The average molecular weight is 520 g/mol. The molecule has 0 spiro atoms. The summed E-state index contributed by atoms with van der Waals surface area (Å²) in [6.45, 7) is 10.9. The molecule has 3 amide bonds. The second-order valence-corrected chi connectivity index (χ2v) is 10.3. The Hall–Kier alpha value is -2.71. The Morgan fingerprint density at radius 3 is 2.20 bits per heavy atom. The second kappa shape index (κ2) is 11.8. The third kappa shape index (κ3) is 7.90. The molecule has 2 N–H and O–H groups in total. The maximum absolute atomic E-state index is 13.6. The largest absolute Gasteiger partial charge is 0.444 e. The van der Waals surface area contributed by atoms with E-state index in [1.165, 1.54) is 11.9 Å². The number of thiol groups is 1. The van der Waals surface area contributed by atoms with E-state index in [4.69, 9.17) is 16.3 Å². The van der Waals surface area contributed by atoms with Crippen LogP contribution in [-0.4, -0.2) is 47.3 Å². The minimum atomic E-state index is -0.999. The maximum Gasteiger partial charge on any atom is 0.408 e. The van der Waals surface area contributed by atoms with E-state index < -0.39 is 35.6 Å². The van der Waals surface area contributed by atoms with Gasteiger partial charge in [-0.2, -0.15) is 12.6 Å². The predicted octanol–water partition coefficient (Wildman–Crippen LogP) is 5.23. The van der Waals surface area contributed by atoms with Gasteiger partial charge in [0.05, 0.1) is 10.7 Å². The van der Waals surface area contributed by atoms with E-state index in [0.717, 1.165) is 16.7 Å². The van der Waals surface area contributed by atoms with E-state index in [2.05, 4.69) is 23.3 Å². The monoisotopic (exact) mass is 519 g/mol. The Labute approximate surface area is 218 Å². The number of nitrogens with zero attached hydrogens (tertiary/aromatic N) is 1. The smallest absolute Gasteiger partial charge is 0.408 e. The van der Waals surface area contributed by atoms with Crippen molar-refractivity contribution in [2.24, 2.45) is 0 Å². The highest BCUT2D eigenvalue weighted by molar-refractivity contribution is 7.80. The first kappa shape index (κ1) is 28.5. The summed E-state index contributed by atoms with van der Waals surface area (Å²) in [6, 6.07) is 9.04. The molecule has 2 aromatic carbocycles. The maximum atomic E-state index is 13.6. The van der Waals surface area contributed by atoms with Gasteiger partial charge in [-0.05, 0) is 58.7 Å². The molecule has 0 aliphatic heterocycles. The number of anilines is 1. The van der Waals surface area contributed by atoms with Crippen LogP contribution >= 0.6 is 24.2 Å². The first-order valence-electron chi connectivity index (χ1n) is 11.2. The minimum Gasteiger partial charge on any atom is -0.444 e. The van der Waals surface area contributed by atoms with E-state index in [1.807, 2.05) is 45.0 Å². The Morgan fingerprint density at radius 2 is 1.69 bits per heavy atom. The first-order valence-corrected chi connectivity index (χ1v) is 12.3. The van der Waals surface area contributed by atoms with Crippen LogP contribution in [0.5, 0.6) is 0 Å². The molecule has 0 aliphatic rings. The van der Waals surface area contributed by atoms with Crippen molar-refractivity contribution in [1.29, 1.82) is 0 Å². The lowest BCUT2D eigenvalue weighted by molar-refractivity contribution is -0.138. The van der Waals surface area contributed by atoms with E-state index in [1.54, 1.807) is 32.9 Å². The predicted molar refractivity (Wildman–Crippen MR) is 143 cm³/mol. The fourth-order valence-electron chi connectivity index (χ4n) is 3.71. The fourth-order valence-corrected chi connectivity index (χ4v) is 4.23. The summed E-state index contributed by atoms with van der Waals surface area (Å²) in [6.07, 6.45) is -0.739. The second-order valence-electron chi connectivity index (χ2n) is 9.58. The zero-order chi connectivity index (χ0) is 26.5. The molecule has 0 saturated heterocycles. The molecular formula is C26H34ClN3O4S. The molecule has 0 radical (unpaired) electrons. The van der Waals surface area contributed by atoms with Gasteiger partial charge in [-0.3, -0.25) is 9.59 Å². The standard InChI is InChI=1S/C26H34ClN3O4S/c1-15-11-16(2)13-18(12-15)22(23(31)29-21-17(3)9-8-10-19(21)27)30(7)24(32)20(14-35)28-25(33)34-26(4,5)6/h8-13,20,22,35H,14H2,1-7H3,(H,28,33)(H,29,31). The van der Waals surface area contributed by atoms with Crippen LogP contribution < -0.4 is 10.6 Å². The molecule has 190 valence electrons. The number of amides is 3. The van der Waals surface area contributed by atoms with Crippen molar-refractivity contribution in [1.82, 2.24) is 10.2 Å². The summed E-state index contributed by atoms with van der Waals surface area (Å²) < 4.78 is 5.28. The molecule has 0 heterocycles. The average Bonchev–Trinajstić information content (AvgIpc) is 2.72. The highest BCUT2D eigenvalue weighted by atomic mass is 35.5. The minimum absolute atomic E-state index is 0.0211. The lowest BCUT2D eigenvalue weighted by atomic mass is 9.99. The van der Waals surface area contributed by atoms with Gasteiger partial charge in [0.15, 0.2) is 0 Å². The zero-order valence-corrected chi connectivity index (χ0v) is 22.9. The third-order valence-electron chi connectivity index (χ3n) is 5.18. The summed E-state index contributed by atoms with van der Waals surface area (Å²) in [4.78, 5) is 40.7. The fraction of sp³-hybridized carbons (Fsp3) is 0.423. The van der Waals surface area contributed by atoms with Crippen molar-refractivity contribution in [2.75, 3.05) is 18.1 Å². The molecule has 2 unspecified atom stereocenters. The van der Waals surface area contributed by atoms with Gasteiger partial charge >= 0.3 is 6.09 Å². The van der Waals surface area contributed by atoms with Crippen molar-refractivity contribution in [3.05, 3.63) is 63.7 Å². The Balaban J connectivity index is 2.42. The van der Waals surface area contributed by atoms with Gasteiger partial charge in [-0.15, -0.1) is 0 Å². The number of ether oxygens (including phenoxy) is 1. The van der Waals surface area contributed by atoms with Crippen LogP contribution in [-0.2, 0) is 14.3 Å². The highest BCUT2D eigenvalue weighted by Gasteiger charge is 2.34. The van der Waals surface area contributed by atoms with E-state index >= 15 is 0 Å². The number of alkyl carbamates (subject to hydrolysis) is 1. The van der Waals surface area contributed by atoms with Crippen LogP contribution in [0.3, 0.4) is 0 Å². The molecule has 35 heavy (non-hydrogen) atoms. The van der Waals surface area contributed by atoms with Crippen LogP contribution in [0.15, 0.2) is 36.4 Å². The topological polar surface area (TPSA) is 87.7 Å². The number of carbonyl (C=O) groups is 3. The zero-order valence-electron chi connectivity index (χ0n) is 21.2. The van der Waals surface area contributed by atoms with Gasteiger partial charge in [0.1, 0.15) is 17.7 Å². The number of aryl methyl sites for hydroxylation is 3. The van der Waals surface area contributed by atoms with Gasteiger partial charge in [0.2, 0.25) is 5.91 Å². The number of likely N-dealkylation sites (N-methyl/N-ethyl adjacent to an activating group) is 1. The molecule has 2 atom stereocenters. The summed E-state index contributed by atoms with van der Waals surface area (Å²) in [5.74, 6) is -0.897. The summed E-state index contributed by atoms with van der Waals surface area (Å²) in [5, 5.41) is 5.84. The van der Waals surface area contributed by atoms with Crippen molar-refractivity contribution in [3.63, 3.8) is 0 Å². The molecule has 2 rings (SSSR count). The van der Waals surface area contributed by atoms with E-state index in [-0.39, 0.29) is 5.75 Å². The van der Waals surface area contributed by atoms with Crippen LogP contribution in [0.4, 0.5) is 10.5 Å². The van der Waals surface area contributed by atoms with Crippen molar-refractivity contribution >= 4 is 47.8 Å². The molecule has 7 nitrogen and oxygen atoms in total. The molecule has 9 heteroatoms. The lowest BCUT2D eigenvalue weighted by Gasteiger charge is -2.31. The van der Waals surface area contributed by atoms with Gasteiger partial charge in [0.25, 0.3) is 5.91 Å². The Morgan fingerprint density at radius 1 is 1.09 bits per heavy atom. The van der Waals surface area contributed by atoms with Crippen LogP contribution in [0, 0.1) is 20.8 Å². The number of nitrogens with one attached hydrogen (secondary N) is 2. The van der Waals surface area contributed by atoms with Crippen LogP contribution in [0.2, 0.25) is 5.02 Å². The summed E-state index contributed by atoms with van der Waals surface area (Å²) >= 11 is 10.6. The third-order valence-corrected chi connectivity index (χ3v) is 5.86. The molecule has 0 aromatic heterocycles. The Kier molecular flexibility index (Phi) is 9.63. The van der Waals surface area contributed by atoms with Gasteiger partial charge < -0.3 is 20.3 Å². The number of hydrogen-bond acceptors (Lipinski definition) is 5. The van der Waals surface area contributed by atoms with Gasteiger partial charge in [-0.1, -0.05) is 53.1 Å². The molecular weight excluding hydrogens is 486 g/mol. The first-order chi connectivity index (χ1) is 16.2. The summed E-state index contributed by atoms with van der Waals surface area (Å²) in [7, 11) is 1.52. The van der Waals surface area contributed by atoms with E-state index in [9.17, 15) is 14.4 Å². The SMILES string of the molecule is Cc1cc(C)cc(C(C(=O)Nc2c(C)cccc2Cl)N(C)C(=O)C(CS)NC(=O)OC(C)(C)C)c1.